The molecule has 0 bridgehead atoms. The molecule has 1 aliphatic rings. The predicted octanol–water partition coefficient (Wildman–Crippen LogP) is 2.81. The molecule has 1 aromatic heterocycles. The van der Waals surface area contributed by atoms with Crippen molar-refractivity contribution < 1.29 is 22.5 Å². The van der Waals surface area contributed by atoms with E-state index in [0.717, 1.165) is 5.69 Å². The topological polar surface area (TPSA) is 62.5 Å². The van der Waals surface area contributed by atoms with E-state index in [0.29, 0.717) is 25.1 Å². The third-order valence-electron chi connectivity index (χ3n) is 4.27. The molecule has 2 aromatic rings. The van der Waals surface area contributed by atoms with Gasteiger partial charge in [-0.25, -0.2) is 0 Å². The highest BCUT2D eigenvalue weighted by Gasteiger charge is 2.38. The fourth-order valence-electron chi connectivity index (χ4n) is 2.64. The first kappa shape index (κ1) is 17.2. The molecule has 1 amide bonds. The van der Waals surface area contributed by atoms with E-state index in [1.165, 1.54) is 0 Å². The van der Waals surface area contributed by atoms with Gasteiger partial charge in [0.2, 0.25) is 11.7 Å². The van der Waals surface area contributed by atoms with Crippen LogP contribution in [0.25, 0.3) is 11.4 Å². The minimum Gasteiger partial charge on any atom is -0.368 e. The van der Waals surface area contributed by atoms with Crippen molar-refractivity contribution in [3.05, 3.63) is 30.2 Å². The maximum absolute atomic E-state index is 12.5. The summed E-state index contributed by atoms with van der Waals surface area (Å²) in [5, 5.41) is 3.36. The second kappa shape index (κ2) is 6.38. The first-order valence-electron chi connectivity index (χ1n) is 7.81. The Morgan fingerprint density at radius 1 is 1.32 bits per heavy atom. The van der Waals surface area contributed by atoms with Gasteiger partial charge in [0, 0.05) is 37.8 Å². The van der Waals surface area contributed by atoms with Crippen LogP contribution in [-0.2, 0) is 11.0 Å². The van der Waals surface area contributed by atoms with Gasteiger partial charge in [-0.15, -0.1) is 0 Å². The Morgan fingerprint density at radius 3 is 2.48 bits per heavy atom. The smallest absolute Gasteiger partial charge is 0.368 e. The van der Waals surface area contributed by atoms with Crippen LogP contribution < -0.4 is 4.90 Å². The van der Waals surface area contributed by atoms with E-state index in [1.54, 1.807) is 29.2 Å². The van der Waals surface area contributed by atoms with Crippen LogP contribution in [0.4, 0.5) is 18.9 Å². The molecule has 25 heavy (non-hydrogen) atoms. The number of likely N-dealkylation sites (N-methyl/N-ethyl adjacent to an activating group) is 1. The largest absolute Gasteiger partial charge is 0.471 e. The average molecular weight is 354 g/mol. The summed E-state index contributed by atoms with van der Waals surface area (Å²) in [6.07, 6.45) is -4.16. The van der Waals surface area contributed by atoms with E-state index in [1.807, 2.05) is 18.9 Å². The van der Waals surface area contributed by atoms with Crippen LogP contribution in [0.15, 0.2) is 28.8 Å². The fraction of sp³-hybridized carbons (Fsp3) is 0.438. The number of hydrogen-bond acceptors (Lipinski definition) is 5. The molecule has 0 spiro atoms. The summed E-state index contributed by atoms with van der Waals surface area (Å²) in [6, 6.07) is 7.07. The van der Waals surface area contributed by atoms with Gasteiger partial charge >= 0.3 is 12.1 Å². The van der Waals surface area contributed by atoms with Gasteiger partial charge < -0.3 is 14.3 Å². The number of nitrogens with zero attached hydrogens (tertiary/aromatic N) is 4. The lowest BCUT2D eigenvalue weighted by molar-refractivity contribution is -0.159. The zero-order chi connectivity index (χ0) is 18.2. The van der Waals surface area contributed by atoms with E-state index in [4.69, 9.17) is 0 Å². The molecule has 0 unspecified atom stereocenters. The number of carbonyl (C=O) groups is 1. The number of benzene rings is 1. The van der Waals surface area contributed by atoms with Crippen LogP contribution in [-0.4, -0.2) is 47.1 Å². The van der Waals surface area contributed by atoms with Gasteiger partial charge in [0.1, 0.15) is 0 Å². The Balaban J connectivity index is 1.66. The monoisotopic (exact) mass is 354 g/mol. The molecule has 1 fully saturated rings. The van der Waals surface area contributed by atoms with Crippen molar-refractivity contribution in [2.24, 2.45) is 0 Å². The normalized spacial score (nSPS) is 15.2. The summed E-state index contributed by atoms with van der Waals surface area (Å²) in [7, 11) is 1.92. The number of rotatable bonds is 4. The lowest BCUT2D eigenvalue weighted by Crippen LogP contribution is -2.60. The molecule has 134 valence electrons. The van der Waals surface area contributed by atoms with Crippen molar-refractivity contribution in [1.82, 2.24) is 15.0 Å². The number of alkyl halides is 3. The molecule has 9 heteroatoms. The number of likely N-dealkylation sites (tertiary alicyclic amines) is 1. The molecule has 0 N–H and O–H groups in total. The Bertz CT molecular complexity index is 751. The molecule has 0 aliphatic carbocycles. The highest BCUT2D eigenvalue weighted by molar-refractivity contribution is 5.77. The molecule has 2 heterocycles. The fourth-order valence-corrected chi connectivity index (χ4v) is 2.64. The summed E-state index contributed by atoms with van der Waals surface area (Å²) in [6.45, 7) is 3.18. The van der Waals surface area contributed by atoms with Crippen molar-refractivity contribution in [3.8, 4) is 11.4 Å². The van der Waals surface area contributed by atoms with E-state index in [-0.39, 0.29) is 17.8 Å². The first-order valence-corrected chi connectivity index (χ1v) is 7.81. The molecule has 0 saturated carbocycles. The molecule has 0 radical (unpaired) electrons. The van der Waals surface area contributed by atoms with Crippen molar-refractivity contribution in [2.75, 3.05) is 25.0 Å². The maximum atomic E-state index is 12.5. The molecule has 0 atom stereocenters. The third-order valence-corrected chi connectivity index (χ3v) is 4.27. The van der Waals surface area contributed by atoms with Crippen LogP contribution in [0.3, 0.4) is 0 Å². The minimum atomic E-state index is -4.66. The van der Waals surface area contributed by atoms with Gasteiger partial charge in [0.15, 0.2) is 0 Å². The van der Waals surface area contributed by atoms with Gasteiger partial charge in [0.05, 0.1) is 6.04 Å². The van der Waals surface area contributed by atoms with Crippen LogP contribution in [0.1, 0.15) is 19.2 Å². The van der Waals surface area contributed by atoms with Gasteiger partial charge in [-0.3, -0.25) is 4.79 Å². The predicted molar refractivity (Wildman–Crippen MR) is 83.8 cm³/mol. The highest BCUT2D eigenvalue weighted by atomic mass is 19.4. The maximum Gasteiger partial charge on any atom is 0.471 e. The Kier molecular flexibility index (Phi) is 4.40. The van der Waals surface area contributed by atoms with Crippen molar-refractivity contribution in [3.63, 3.8) is 0 Å². The molecular weight excluding hydrogens is 337 g/mol. The van der Waals surface area contributed by atoms with Crippen molar-refractivity contribution >= 4 is 11.6 Å². The number of halogens is 3. The van der Waals surface area contributed by atoms with E-state index < -0.39 is 12.1 Å². The van der Waals surface area contributed by atoms with E-state index in [9.17, 15) is 18.0 Å². The zero-order valence-corrected chi connectivity index (χ0v) is 13.7. The van der Waals surface area contributed by atoms with Crippen LogP contribution in [0.5, 0.6) is 0 Å². The number of aromatic nitrogens is 2. The van der Waals surface area contributed by atoms with E-state index >= 15 is 0 Å². The lowest BCUT2D eigenvalue weighted by Gasteiger charge is -2.44. The standard InChI is InChI=1S/C16H17F3N4O2/c1-3-13(24)23-8-12(9-23)22(2)11-6-4-10(5-7-11)14-20-15(25-21-14)16(17,18)19/h4-7,12H,3,8-9H2,1-2H3. The number of anilines is 1. The first-order chi connectivity index (χ1) is 11.8. The van der Waals surface area contributed by atoms with Gasteiger partial charge in [0.25, 0.3) is 0 Å². The van der Waals surface area contributed by atoms with Crippen molar-refractivity contribution in [2.45, 2.75) is 25.6 Å². The summed E-state index contributed by atoms with van der Waals surface area (Å²) in [5.74, 6) is -1.33. The van der Waals surface area contributed by atoms with Crippen LogP contribution in [0.2, 0.25) is 0 Å². The molecule has 3 rings (SSSR count). The minimum absolute atomic E-state index is 0.107. The van der Waals surface area contributed by atoms with E-state index in [2.05, 4.69) is 14.7 Å². The third kappa shape index (κ3) is 3.45. The van der Waals surface area contributed by atoms with Gasteiger partial charge in [-0.2, -0.15) is 18.2 Å². The Morgan fingerprint density at radius 2 is 1.96 bits per heavy atom. The lowest BCUT2D eigenvalue weighted by atomic mass is 10.1. The van der Waals surface area contributed by atoms with Crippen LogP contribution in [0, 0.1) is 0 Å². The Hall–Kier alpha value is -2.58. The van der Waals surface area contributed by atoms with Gasteiger partial charge in [-0.05, 0) is 24.3 Å². The molecule has 1 saturated heterocycles. The zero-order valence-electron chi connectivity index (χ0n) is 13.7. The number of carbonyl (C=O) groups excluding carboxylic acids is 1. The molecule has 1 aromatic carbocycles. The highest BCUT2D eigenvalue weighted by Crippen LogP contribution is 2.30. The quantitative estimate of drug-likeness (QED) is 0.845. The molecular formula is C16H17F3N4O2. The Labute approximate surface area is 142 Å². The molecule has 6 nitrogen and oxygen atoms in total. The number of amides is 1. The van der Waals surface area contributed by atoms with Crippen LogP contribution >= 0.6 is 0 Å². The second-order valence-corrected chi connectivity index (χ2v) is 5.88. The average Bonchev–Trinajstić information content (AvgIpc) is 3.03. The SMILES string of the molecule is CCC(=O)N1CC(N(C)c2ccc(-c3noc(C(F)(F)F)n3)cc2)C1. The van der Waals surface area contributed by atoms with Gasteiger partial charge in [-0.1, -0.05) is 12.1 Å². The second-order valence-electron chi connectivity index (χ2n) is 5.88. The summed E-state index contributed by atoms with van der Waals surface area (Å²) in [4.78, 5) is 18.8. The van der Waals surface area contributed by atoms with Crippen molar-refractivity contribution in [1.29, 1.82) is 0 Å². The molecule has 1 aliphatic heterocycles. The summed E-state index contributed by atoms with van der Waals surface area (Å²) < 4.78 is 41.7. The number of hydrogen-bond donors (Lipinski definition) is 0. The summed E-state index contributed by atoms with van der Waals surface area (Å²) in [5.41, 5.74) is 1.34. The summed E-state index contributed by atoms with van der Waals surface area (Å²) >= 11 is 0.